The highest BCUT2D eigenvalue weighted by Crippen LogP contribution is 2.01. The molecular weight excluding hydrogens is 160 g/mol. The fourth-order valence-electron chi connectivity index (χ4n) is 0.935. The van der Waals surface area contributed by atoms with Crippen molar-refractivity contribution in [3.63, 3.8) is 0 Å². The maximum absolute atomic E-state index is 9.14. The largest absolute Gasteiger partial charge is 0.390 e. The molecule has 0 aliphatic heterocycles. The monoisotopic (exact) mass is 178 g/mol. The Morgan fingerprint density at radius 3 is 1.83 bits per heavy atom. The van der Waals surface area contributed by atoms with E-state index in [-0.39, 0.29) is 13.1 Å². The van der Waals surface area contributed by atoms with Crippen LogP contribution in [-0.2, 0) is 0 Å². The van der Waals surface area contributed by atoms with Gasteiger partial charge in [0.05, 0.1) is 6.10 Å². The van der Waals surface area contributed by atoms with Crippen molar-refractivity contribution in [3.05, 3.63) is 0 Å². The summed E-state index contributed by atoms with van der Waals surface area (Å²) in [6.07, 6.45) is -2.29. The van der Waals surface area contributed by atoms with E-state index in [9.17, 15) is 0 Å². The number of nitrogens with zero attached hydrogens (tertiary/aromatic N) is 1. The fourth-order valence-corrected chi connectivity index (χ4v) is 0.935. The first-order chi connectivity index (χ1) is 5.49. The predicted octanol–water partition coefficient (Wildman–Crippen LogP) is -1.72. The van der Waals surface area contributed by atoms with Crippen LogP contribution in [0.15, 0.2) is 0 Å². The molecule has 0 spiro atoms. The van der Waals surface area contributed by atoms with Crippen LogP contribution in [0.4, 0.5) is 0 Å². The second kappa shape index (κ2) is 5.45. The molecule has 0 aromatic carbocycles. The molecule has 3 atom stereocenters. The molecule has 5 nitrogen and oxygen atoms in total. The van der Waals surface area contributed by atoms with Gasteiger partial charge >= 0.3 is 0 Å². The van der Waals surface area contributed by atoms with E-state index in [1.54, 1.807) is 0 Å². The molecule has 5 N–H and O–H groups in total. The van der Waals surface area contributed by atoms with Gasteiger partial charge < -0.3 is 21.1 Å². The number of nitrogens with two attached hydrogens (primary N) is 1. The topological polar surface area (TPSA) is 90.0 Å². The molecule has 0 fully saturated rings. The lowest BCUT2D eigenvalue weighted by Crippen LogP contribution is -2.46. The van der Waals surface area contributed by atoms with E-state index in [1.165, 1.54) is 18.7 Å². The molecule has 0 heterocycles. The van der Waals surface area contributed by atoms with Crippen molar-refractivity contribution in [1.29, 1.82) is 0 Å². The Kier molecular flexibility index (Phi) is 5.36. The van der Waals surface area contributed by atoms with E-state index >= 15 is 0 Å². The molecule has 5 heteroatoms. The lowest BCUT2D eigenvalue weighted by molar-refractivity contribution is -0.0993. The summed E-state index contributed by atoms with van der Waals surface area (Å²) in [5.41, 5.74) is 5.18. The second-order valence-electron chi connectivity index (χ2n) is 2.85. The summed E-state index contributed by atoms with van der Waals surface area (Å²) in [4.78, 5) is 1.34. The smallest absolute Gasteiger partial charge is 0.106 e. The van der Waals surface area contributed by atoms with Crippen LogP contribution >= 0.6 is 0 Å². The van der Waals surface area contributed by atoms with Gasteiger partial charge in [-0.05, 0) is 13.8 Å². The molecule has 0 saturated carbocycles. The van der Waals surface area contributed by atoms with Crippen molar-refractivity contribution in [2.24, 2.45) is 5.73 Å². The Morgan fingerprint density at radius 1 is 1.17 bits per heavy atom. The lowest BCUT2D eigenvalue weighted by Gasteiger charge is -2.29. The minimum absolute atomic E-state index is 0.121. The van der Waals surface area contributed by atoms with Crippen LogP contribution in [0, 0.1) is 0 Å². The molecule has 0 saturated heterocycles. The second-order valence-corrected chi connectivity index (χ2v) is 2.85. The molecule has 3 unspecified atom stereocenters. The van der Waals surface area contributed by atoms with Crippen molar-refractivity contribution in [2.75, 3.05) is 13.1 Å². The minimum Gasteiger partial charge on any atom is -0.390 e. The quantitative estimate of drug-likeness (QED) is 0.376. The average molecular weight is 178 g/mol. The maximum Gasteiger partial charge on any atom is 0.106 e. The fraction of sp³-hybridized carbons (Fsp3) is 1.00. The summed E-state index contributed by atoms with van der Waals surface area (Å²) < 4.78 is 0. The van der Waals surface area contributed by atoms with Gasteiger partial charge in [-0.2, -0.15) is 0 Å². The lowest BCUT2D eigenvalue weighted by atomic mass is 10.3. The van der Waals surface area contributed by atoms with Crippen LogP contribution < -0.4 is 5.73 Å². The van der Waals surface area contributed by atoms with E-state index in [1.807, 2.05) is 0 Å². The van der Waals surface area contributed by atoms with Gasteiger partial charge in [0.25, 0.3) is 0 Å². The number of hydrogen-bond acceptors (Lipinski definition) is 5. The van der Waals surface area contributed by atoms with Gasteiger partial charge in [-0.1, -0.05) is 0 Å². The highest BCUT2D eigenvalue weighted by molar-refractivity contribution is 4.66. The van der Waals surface area contributed by atoms with Gasteiger partial charge in [-0.25, -0.2) is 0 Å². The summed E-state index contributed by atoms with van der Waals surface area (Å²) in [5.74, 6) is 0. The van der Waals surface area contributed by atoms with Gasteiger partial charge in [-0.3, -0.25) is 4.90 Å². The average Bonchev–Trinajstić information content (AvgIpc) is 1.98. The summed E-state index contributed by atoms with van der Waals surface area (Å²) in [7, 11) is 0. The molecule has 0 amide bonds. The summed E-state index contributed by atoms with van der Waals surface area (Å²) >= 11 is 0. The molecule has 0 radical (unpaired) electrons. The van der Waals surface area contributed by atoms with Crippen molar-refractivity contribution in [1.82, 2.24) is 4.90 Å². The van der Waals surface area contributed by atoms with Crippen LogP contribution in [0.3, 0.4) is 0 Å². The minimum atomic E-state index is -0.786. The Bertz CT molecular complexity index is 111. The van der Waals surface area contributed by atoms with Gasteiger partial charge in [0, 0.05) is 13.1 Å². The van der Waals surface area contributed by atoms with Gasteiger partial charge in [0.2, 0.25) is 0 Å². The Morgan fingerprint density at radius 2 is 1.58 bits per heavy atom. The summed E-state index contributed by atoms with van der Waals surface area (Å²) in [5, 5.41) is 27.4. The third-order valence-electron chi connectivity index (χ3n) is 1.65. The number of aliphatic hydroxyl groups excluding tert-OH is 3. The van der Waals surface area contributed by atoms with Crippen LogP contribution in [0.2, 0.25) is 0 Å². The van der Waals surface area contributed by atoms with Gasteiger partial charge in [-0.15, -0.1) is 0 Å². The highest BCUT2D eigenvalue weighted by atomic mass is 16.3. The van der Waals surface area contributed by atoms with Crippen LogP contribution in [0.25, 0.3) is 0 Å². The van der Waals surface area contributed by atoms with E-state index in [4.69, 9.17) is 21.1 Å². The van der Waals surface area contributed by atoms with E-state index in [0.717, 1.165) is 0 Å². The first-order valence-electron chi connectivity index (χ1n) is 3.99. The van der Waals surface area contributed by atoms with E-state index < -0.39 is 18.6 Å². The SMILES string of the molecule is CC(O)N(CC(O)CN)C(C)O. The Hall–Kier alpha value is -0.200. The number of aliphatic hydroxyl groups is 3. The Balaban J connectivity index is 3.95. The van der Waals surface area contributed by atoms with Crippen molar-refractivity contribution in [3.8, 4) is 0 Å². The van der Waals surface area contributed by atoms with Gasteiger partial charge in [0.15, 0.2) is 0 Å². The van der Waals surface area contributed by atoms with Crippen LogP contribution in [0.1, 0.15) is 13.8 Å². The molecule has 0 aliphatic carbocycles. The molecule has 0 aromatic heterocycles. The molecule has 0 aliphatic rings. The molecule has 0 aromatic rings. The molecule has 12 heavy (non-hydrogen) atoms. The first kappa shape index (κ1) is 11.8. The standard InChI is InChI=1S/C7H18N2O3/c1-5(10)9(6(2)11)4-7(12)3-8/h5-7,10-12H,3-4,8H2,1-2H3. The maximum atomic E-state index is 9.14. The zero-order chi connectivity index (χ0) is 9.72. The van der Waals surface area contributed by atoms with Crippen LogP contribution in [-0.4, -0.2) is 51.9 Å². The normalized spacial score (nSPS) is 19.2. The van der Waals surface area contributed by atoms with E-state index in [2.05, 4.69) is 0 Å². The van der Waals surface area contributed by atoms with E-state index in [0.29, 0.717) is 0 Å². The zero-order valence-corrected chi connectivity index (χ0v) is 7.51. The third-order valence-corrected chi connectivity index (χ3v) is 1.65. The van der Waals surface area contributed by atoms with Crippen molar-refractivity contribution >= 4 is 0 Å². The third kappa shape index (κ3) is 3.99. The number of rotatable bonds is 5. The van der Waals surface area contributed by atoms with Crippen LogP contribution in [0.5, 0.6) is 0 Å². The molecule has 74 valence electrons. The number of hydrogen-bond donors (Lipinski definition) is 4. The van der Waals surface area contributed by atoms with Gasteiger partial charge in [0.1, 0.15) is 12.5 Å². The van der Waals surface area contributed by atoms with Crippen molar-refractivity contribution < 1.29 is 15.3 Å². The Labute approximate surface area is 72.4 Å². The predicted molar refractivity (Wildman–Crippen MR) is 45.1 cm³/mol. The van der Waals surface area contributed by atoms with Crippen molar-refractivity contribution in [2.45, 2.75) is 32.4 Å². The molecule has 0 bridgehead atoms. The zero-order valence-electron chi connectivity index (χ0n) is 7.51. The molecular formula is C7H18N2O3. The first-order valence-corrected chi connectivity index (χ1v) is 3.99. The molecule has 0 rings (SSSR count). The summed E-state index contributed by atoms with van der Waals surface area (Å²) in [6.45, 7) is 3.34. The highest BCUT2D eigenvalue weighted by Gasteiger charge is 2.18. The summed E-state index contributed by atoms with van der Waals surface area (Å²) in [6, 6.07) is 0.